The number of para-hydroxylation sites is 2. The smallest absolute Gasteiger partial charge is 0.145 e. The minimum atomic E-state index is 0.932. The second-order valence-electron chi connectivity index (χ2n) is 13.1. The van der Waals surface area contributed by atoms with Gasteiger partial charge in [0.25, 0.3) is 0 Å². The first-order valence-electron chi connectivity index (χ1n) is 17.5. The normalized spacial score (nSPS) is 11.5. The van der Waals surface area contributed by atoms with Gasteiger partial charge in [0.05, 0.1) is 11.0 Å². The molecule has 238 valence electrons. The molecule has 0 saturated carbocycles. The molecule has 0 bridgehead atoms. The lowest BCUT2D eigenvalue weighted by atomic mass is 9.84. The van der Waals surface area contributed by atoms with Crippen LogP contribution in [0.1, 0.15) is 0 Å². The molecule has 2 nitrogen and oxygen atoms in total. The van der Waals surface area contributed by atoms with Gasteiger partial charge in [-0.3, -0.25) is 4.57 Å². The summed E-state index contributed by atoms with van der Waals surface area (Å²) in [6.45, 7) is 0. The molecule has 0 unspecified atom stereocenters. The van der Waals surface area contributed by atoms with Gasteiger partial charge in [-0.15, -0.1) is 0 Å². The lowest BCUT2D eigenvalue weighted by Crippen LogP contribution is -1.99. The molecule has 10 rings (SSSR count). The van der Waals surface area contributed by atoms with Crippen LogP contribution in [0.2, 0.25) is 0 Å². The monoisotopic (exact) mass is 648 g/mol. The maximum Gasteiger partial charge on any atom is 0.145 e. The molecule has 0 saturated heterocycles. The first-order valence-corrected chi connectivity index (χ1v) is 17.5. The highest BCUT2D eigenvalue weighted by atomic mass is 15.1. The Hall–Kier alpha value is -6.77. The molecule has 0 aliphatic rings. The molecule has 1 aromatic heterocycles. The van der Waals surface area contributed by atoms with E-state index in [2.05, 4.69) is 199 Å². The predicted molar refractivity (Wildman–Crippen MR) is 215 cm³/mol. The van der Waals surface area contributed by atoms with Gasteiger partial charge in [0, 0.05) is 11.3 Å². The number of imidazole rings is 1. The molecule has 10 aromatic rings. The highest BCUT2D eigenvalue weighted by Crippen LogP contribution is 2.46. The molecular weight excluding hydrogens is 617 g/mol. The van der Waals surface area contributed by atoms with Crippen molar-refractivity contribution in [3.63, 3.8) is 0 Å². The van der Waals surface area contributed by atoms with Gasteiger partial charge in [0.2, 0.25) is 0 Å². The zero-order chi connectivity index (χ0) is 33.7. The van der Waals surface area contributed by atoms with E-state index in [1.165, 1.54) is 65.7 Å². The van der Waals surface area contributed by atoms with Crippen molar-refractivity contribution in [2.24, 2.45) is 0 Å². The van der Waals surface area contributed by atoms with Crippen LogP contribution in [-0.2, 0) is 0 Å². The van der Waals surface area contributed by atoms with Crippen LogP contribution in [0.15, 0.2) is 194 Å². The molecule has 51 heavy (non-hydrogen) atoms. The summed E-state index contributed by atoms with van der Waals surface area (Å²) in [7, 11) is 0. The standard InChI is InChI=1S/C49H32N2/c1-4-16-34(17-5-1)47-42-30-28-38(51-46-26-13-12-25-45(46)50-49(51)36-20-8-3-9-21-36)32-44(42)48(35-18-6-2-7-19-35)41-29-27-37(31-43(41)47)40-24-14-22-33-15-10-11-23-39(33)40/h1-32H. The Kier molecular flexibility index (Phi) is 6.85. The highest BCUT2D eigenvalue weighted by Gasteiger charge is 2.20. The number of aromatic nitrogens is 2. The number of hydrogen-bond acceptors (Lipinski definition) is 1. The fourth-order valence-corrected chi connectivity index (χ4v) is 7.90. The second-order valence-corrected chi connectivity index (χ2v) is 13.1. The van der Waals surface area contributed by atoms with Gasteiger partial charge >= 0.3 is 0 Å². The number of rotatable bonds is 5. The van der Waals surface area contributed by atoms with Gasteiger partial charge in [-0.1, -0.05) is 164 Å². The van der Waals surface area contributed by atoms with E-state index in [0.717, 1.165) is 28.1 Å². The van der Waals surface area contributed by atoms with Crippen molar-refractivity contribution in [1.82, 2.24) is 9.55 Å². The summed E-state index contributed by atoms with van der Waals surface area (Å²) in [5.41, 5.74) is 11.6. The van der Waals surface area contributed by atoms with E-state index in [1.54, 1.807) is 0 Å². The Morgan fingerprint density at radius 3 is 1.65 bits per heavy atom. The number of benzene rings is 9. The molecule has 0 fully saturated rings. The van der Waals surface area contributed by atoms with Crippen molar-refractivity contribution in [1.29, 1.82) is 0 Å². The summed E-state index contributed by atoms with van der Waals surface area (Å²) < 4.78 is 2.31. The zero-order valence-electron chi connectivity index (χ0n) is 27.9. The van der Waals surface area contributed by atoms with Crippen molar-refractivity contribution in [2.45, 2.75) is 0 Å². The molecule has 1 heterocycles. The van der Waals surface area contributed by atoms with Crippen LogP contribution in [0.25, 0.3) is 93.8 Å². The molecule has 0 N–H and O–H groups in total. The predicted octanol–water partition coefficient (Wildman–Crippen LogP) is 13.2. The number of nitrogens with zero attached hydrogens (tertiary/aromatic N) is 2. The maximum atomic E-state index is 5.16. The summed E-state index contributed by atoms with van der Waals surface area (Å²) in [4.78, 5) is 5.16. The lowest BCUT2D eigenvalue weighted by Gasteiger charge is -2.20. The van der Waals surface area contributed by atoms with Crippen molar-refractivity contribution >= 4 is 43.4 Å². The summed E-state index contributed by atoms with van der Waals surface area (Å²) in [5, 5.41) is 7.40. The van der Waals surface area contributed by atoms with Crippen LogP contribution in [0.4, 0.5) is 0 Å². The Morgan fingerprint density at radius 1 is 0.353 bits per heavy atom. The fraction of sp³-hybridized carbons (Fsp3) is 0. The van der Waals surface area contributed by atoms with Crippen molar-refractivity contribution in [3.8, 4) is 50.5 Å². The average Bonchev–Trinajstić information content (AvgIpc) is 3.60. The van der Waals surface area contributed by atoms with E-state index in [4.69, 9.17) is 4.98 Å². The van der Waals surface area contributed by atoms with Gasteiger partial charge in [-0.05, 0) is 96.0 Å². The average molecular weight is 649 g/mol. The molecule has 0 aliphatic heterocycles. The third-order valence-electron chi connectivity index (χ3n) is 10.2. The van der Waals surface area contributed by atoms with E-state index < -0.39 is 0 Å². The van der Waals surface area contributed by atoms with Crippen LogP contribution in [0, 0.1) is 0 Å². The first kappa shape index (κ1) is 29.2. The molecular formula is C49H32N2. The quantitative estimate of drug-likeness (QED) is 0.170. The van der Waals surface area contributed by atoms with E-state index in [0.29, 0.717) is 0 Å². The Morgan fingerprint density at radius 2 is 0.922 bits per heavy atom. The number of hydrogen-bond donors (Lipinski definition) is 0. The topological polar surface area (TPSA) is 17.8 Å². The molecule has 9 aromatic carbocycles. The van der Waals surface area contributed by atoms with Gasteiger partial charge in [0.1, 0.15) is 5.82 Å². The SMILES string of the molecule is c1ccc(-c2c3ccc(-n4c(-c5ccccc5)nc5ccccc54)cc3c(-c3ccccc3)c3ccc(-c4cccc5ccccc45)cc23)cc1. The minimum absolute atomic E-state index is 0.932. The minimum Gasteiger partial charge on any atom is -0.292 e. The molecule has 0 radical (unpaired) electrons. The van der Waals surface area contributed by atoms with Crippen LogP contribution in [-0.4, -0.2) is 9.55 Å². The van der Waals surface area contributed by atoms with Crippen molar-refractivity contribution in [2.75, 3.05) is 0 Å². The van der Waals surface area contributed by atoms with Crippen LogP contribution in [0.5, 0.6) is 0 Å². The van der Waals surface area contributed by atoms with E-state index in [-0.39, 0.29) is 0 Å². The highest BCUT2D eigenvalue weighted by molar-refractivity contribution is 6.22. The lowest BCUT2D eigenvalue weighted by molar-refractivity contribution is 1.11. The van der Waals surface area contributed by atoms with E-state index in [1.807, 2.05) is 0 Å². The van der Waals surface area contributed by atoms with Gasteiger partial charge in [-0.2, -0.15) is 0 Å². The molecule has 2 heteroatoms. The zero-order valence-corrected chi connectivity index (χ0v) is 27.9. The maximum absolute atomic E-state index is 5.16. The third-order valence-corrected chi connectivity index (χ3v) is 10.2. The van der Waals surface area contributed by atoms with E-state index >= 15 is 0 Å². The van der Waals surface area contributed by atoms with Gasteiger partial charge in [0.15, 0.2) is 0 Å². The molecule has 0 aliphatic carbocycles. The van der Waals surface area contributed by atoms with Gasteiger partial charge < -0.3 is 0 Å². The van der Waals surface area contributed by atoms with E-state index in [9.17, 15) is 0 Å². The number of fused-ring (bicyclic) bond motifs is 4. The summed E-state index contributed by atoms with van der Waals surface area (Å²) >= 11 is 0. The summed E-state index contributed by atoms with van der Waals surface area (Å²) in [5.74, 6) is 0.932. The van der Waals surface area contributed by atoms with Crippen LogP contribution in [0.3, 0.4) is 0 Å². The second kappa shape index (κ2) is 12.0. The molecule has 0 atom stereocenters. The Bertz CT molecular complexity index is 2880. The first-order chi connectivity index (χ1) is 25.3. The fourth-order valence-electron chi connectivity index (χ4n) is 7.90. The Balaban J connectivity index is 1.33. The van der Waals surface area contributed by atoms with Crippen LogP contribution >= 0.6 is 0 Å². The largest absolute Gasteiger partial charge is 0.292 e. The Labute approximate surface area is 296 Å². The van der Waals surface area contributed by atoms with Crippen molar-refractivity contribution < 1.29 is 0 Å². The van der Waals surface area contributed by atoms with Crippen molar-refractivity contribution in [3.05, 3.63) is 194 Å². The van der Waals surface area contributed by atoms with Crippen LogP contribution < -0.4 is 0 Å². The summed E-state index contributed by atoms with van der Waals surface area (Å²) in [6, 6.07) is 70.0. The molecule has 0 spiro atoms. The van der Waals surface area contributed by atoms with Gasteiger partial charge in [-0.25, -0.2) is 4.98 Å². The molecule has 0 amide bonds. The summed E-state index contributed by atoms with van der Waals surface area (Å²) in [6.07, 6.45) is 0. The third kappa shape index (κ3) is 4.84.